The number of aromatic nitrogens is 2. The monoisotopic (exact) mass is 608 g/mol. The van der Waals surface area contributed by atoms with Gasteiger partial charge in [0.15, 0.2) is 0 Å². The molecule has 12 nitrogen and oxygen atoms in total. The third-order valence-corrected chi connectivity index (χ3v) is 9.12. The number of methoxy groups -OCH3 is 1. The van der Waals surface area contributed by atoms with Gasteiger partial charge in [0.1, 0.15) is 22.3 Å². The average molecular weight is 609 g/mol. The van der Waals surface area contributed by atoms with Gasteiger partial charge in [-0.05, 0) is 64.2 Å². The number of hydrogen-bond acceptors (Lipinski definition) is 10. The summed E-state index contributed by atoms with van der Waals surface area (Å²) >= 11 is 0. The van der Waals surface area contributed by atoms with Gasteiger partial charge in [-0.3, -0.25) is 4.79 Å². The van der Waals surface area contributed by atoms with Crippen LogP contribution in [0, 0.1) is 0 Å². The number of amides is 1. The van der Waals surface area contributed by atoms with Gasteiger partial charge in [0.2, 0.25) is 21.9 Å². The maximum Gasteiger partial charge on any atom is 0.242 e. The maximum atomic E-state index is 13.2. The predicted octanol–water partition coefficient (Wildman–Crippen LogP) is 3.81. The molecule has 0 bridgehead atoms. The molecule has 0 radical (unpaired) electrons. The lowest BCUT2D eigenvalue weighted by molar-refractivity contribution is -0.119. The summed E-state index contributed by atoms with van der Waals surface area (Å²) in [5.41, 5.74) is 3.39. The average Bonchev–Trinajstić information content (AvgIpc) is 3.47. The molecule has 0 fully saturated rings. The largest absolute Gasteiger partial charge is 0.495 e. The molecule has 1 aromatic heterocycles. The summed E-state index contributed by atoms with van der Waals surface area (Å²) in [4.78, 5) is 26.3. The summed E-state index contributed by atoms with van der Waals surface area (Å²) in [7, 11) is 1.56. The van der Waals surface area contributed by atoms with Crippen LogP contribution in [0.4, 0.5) is 34.6 Å². The Balaban J connectivity index is 1.55. The zero-order chi connectivity index (χ0) is 31.1. The Hall–Kier alpha value is -3.94. The molecule has 0 atom stereocenters. The van der Waals surface area contributed by atoms with Crippen LogP contribution in [0.3, 0.4) is 0 Å². The molecule has 0 unspecified atom stereocenters. The molecule has 3 aromatic rings. The van der Waals surface area contributed by atoms with Crippen LogP contribution in [0.1, 0.15) is 38.8 Å². The molecule has 0 aliphatic carbocycles. The van der Waals surface area contributed by atoms with E-state index in [1.54, 1.807) is 50.1 Å². The molecular weight excluding hydrogens is 568 g/mol. The van der Waals surface area contributed by atoms with E-state index < -0.39 is 10.0 Å². The Morgan fingerprint density at radius 3 is 2.58 bits per heavy atom. The number of carbonyl (C=O) groups excluding carboxylic acids is 1. The van der Waals surface area contributed by atoms with Gasteiger partial charge < -0.3 is 30.5 Å². The Kier molecular flexibility index (Phi) is 8.25. The highest BCUT2D eigenvalue weighted by molar-refractivity contribution is 7.89. The second-order valence-electron chi connectivity index (χ2n) is 12.1. The maximum absolute atomic E-state index is 13.2. The molecule has 5 rings (SSSR count). The van der Waals surface area contributed by atoms with Crippen LogP contribution in [0.25, 0.3) is 0 Å². The number of likely N-dealkylation sites (N-methyl/N-ethyl adjacent to an activating group) is 1. The van der Waals surface area contributed by atoms with E-state index in [1.165, 1.54) is 0 Å². The number of fused-ring (bicyclic) bond motifs is 2. The first-order valence-corrected chi connectivity index (χ1v) is 15.7. The standard InChI is InChI=1S/C30H40N8O4S/c1-18(2)36-43(40,41)24-11-9-8-10-20(24)32-28-26-27(31-17-30(26,3)4)34-29(35-28)33-21-15-22-19(14-23(21)42-7)12-13-38(22)25(39)16-37(5)6/h8-11,14-15,18,36H,12-13,16-17H2,1-7H3,(H3,31,32,33,34,35). The van der Waals surface area contributed by atoms with Gasteiger partial charge in [-0.15, -0.1) is 0 Å². The number of nitrogens with one attached hydrogen (secondary N) is 4. The third-order valence-electron chi connectivity index (χ3n) is 7.40. The van der Waals surface area contributed by atoms with Crippen molar-refractivity contribution in [3.8, 4) is 5.75 Å². The number of nitrogens with zero attached hydrogens (tertiary/aromatic N) is 4. The van der Waals surface area contributed by atoms with Crippen LogP contribution in [0.5, 0.6) is 5.75 Å². The first kappa shape index (κ1) is 30.5. The summed E-state index contributed by atoms with van der Waals surface area (Å²) in [5, 5.41) is 9.98. The summed E-state index contributed by atoms with van der Waals surface area (Å²) in [6.07, 6.45) is 0.738. The first-order valence-electron chi connectivity index (χ1n) is 14.3. The highest BCUT2D eigenvalue weighted by Gasteiger charge is 2.36. The highest BCUT2D eigenvalue weighted by atomic mass is 32.2. The molecular formula is C30H40N8O4S. The second kappa shape index (κ2) is 11.6. The van der Waals surface area contributed by atoms with E-state index in [1.807, 2.05) is 31.1 Å². The predicted molar refractivity (Wildman–Crippen MR) is 170 cm³/mol. The molecule has 13 heteroatoms. The van der Waals surface area contributed by atoms with Crippen molar-refractivity contribution >= 4 is 50.6 Å². The summed E-state index contributed by atoms with van der Waals surface area (Å²) in [6.45, 7) is 9.27. The molecule has 4 N–H and O–H groups in total. The molecule has 2 aliphatic rings. The molecule has 0 spiro atoms. The number of hydrogen-bond donors (Lipinski definition) is 4. The minimum atomic E-state index is -3.79. The van der Waals surface area contributed by atoms with E-state index in [9.17, 15) is 13.2 Å². The fraction of sp³-hybridized carbons (Fsp3) is 0.433. The van der Waals surface area contributed by atoms with Gasteiger partial charge >= 0.3 is 0 Å². The van der Waals surface area contributed by atoms with Gasteiger partial charge in [0.05, 0.1) is 25.0 Å². The number of para-hydroxylation sites is 1. The number of rotatable bonds is 10. The third kappa shape index (κ3) is 6.24. The Morgan fingerprint density at radius 2 is 1.88 bits per heavy atom. The van der Waals surface area contributed by atoms with Crippen LogP contribution >= 0.6 is 0 Å². The lowest BCUT2D eigenvalue weighted by Gasteiger charge is -2.23. The molecule has 2 aliphatic heterocycles. The minimum absolute atomic E-state index is 0.0205. The topological polar surface area (TPSA) is 141 Å². The van der Waals surface area contributed by atoms with Crippen LogP contribution in [0.2, 0.25) is 0 Å². The highest BCUT2D eigenvalue weighted by Crippen LogP contribution is 2.43. The van der Waals surface area contributed by atoms with Crippen molar-refractivity contribution in [3.63, 3.8) is 0 Å². The fourth-order valence-electron chi connectivity index (χ4n) is 5.49. The molecule has 230 valence electrons. The van der Waals surface area contributed by atoms with Crippen molar-refractivity contribution in [1.82, 2.24) is 19.6 Å². The van der Waals surface area contributed by atoms with Gasteiger partial charge in [-0.25, -0.2) is 13.1 Å². The van der Waals surface area contributed by atoms with Crippen LogP contribution in [0.15, 0.2) is 41.3 Å². The molecule has 3 heterocycles. The minimum Gasteiger partial charge on any atom is -0.495 e. The van der Waals surface area contributed by atoms with Gasteiger partial charge in [0, 0.05) is 35.8 Å². The van der Waals surface area contributed by atoms with E-state index in [-0.39, 0.29) is 28.2 Å². The zero-order valence-electron chi connectivity index (χ0n) is 25.7. The number of ether oxygens (including phenoxy) is 1. The SMILES string of the molecule is COc1cc2c(cc1Nc1nc3c(c(Nc4ccccc4S(=O)(=O)NC(C)C)n1)C(C)(C)CN3)N(C(=O)CN(C)C)CC2. The lowest BCUT2D eigenvalue weighted by Crippen LogP contribution is -2.36. The summed E-state index contributed by atoms with van der Waals surface area (Å²) < 4.78 is 34.7. The van der Waals surface area contributed by atoms with Crippen LogP contribution in [-0.2, 0) is 26.7 Å². The normalized spacial score (nSPS) is 15.3. The van der Waals surface area contributed by atoms with Gasteiger partial charge in [-0.1, -0.05) is 26.0 Å². The van der Waals surface area contributed by atoms with Crippen LogP contribution in [-0.4, -0.2) is 76.1 Å². The van der Waals surface area contributed by atoms with E-state index >= 15 is 0 Å². The van der Waals surface area contributed by atoms with Crippen molar-refractivity contribution in [2.24, 2.45) is 0 Å². The van der Waals surface area contributed by atoms with Gasteiger partial charge in [-0.2, -0.15) is 9.97 Å². The Bertz CT molecular complexity index is 1660. The Morgan fingerprint density at radius 1 is 1.14 bits per heavy atom. The van der Waals surface area contributed by atoms with Crippen LogP contribution < -0.4 is 30.3 Å². The quantitative estimate of drug-likeness (QED) is 0.269. The van der Waals surface area contributed by atoms with E-state index in [0.717, 1.165) is 23.2 Å². The van der Waals surface area contributed by atoms with Crippen molar-refractivity contribution in [2.45, 2.75) is 50.5 Å². The molecule has 0 saturated carbocycles. The summed E-state index contributed by atoms with van der Waals surface area (Å²) in [6, 6.07) is 10.3. The second-order valence-corrected chi connectivity index (χ2v) is 13.8. The Labute approximate surface area is 253 Å². The smallest absolute Gasteiger partial charge is 0.242 e. The fourth-order valence-corrected chi connectivity index (χ4v) is 6.91. The van der Waals surface area contributed by atoms with Crippen molar-refractivity contribution < 1.29 is 17.9 Å². The number of anilines is 6. The zero-order valence-corrected chi connectivity index (χ0v) is 26.5. The molecule has 0 saturated heterocycles. The van der Waals surface area contributed by atoms with E-state index in [0.29, 0.717) is 48.4 Å². The van der Waals surface area contributed by atoms with E-state index in [2.05, 4.69) is 34.5 Å². The van der Waals surface area contributed by atoms with Crippen molar-refractivity contribution in [3.05, 3.63) is 47.5 Å². The first-order chi connectivity index (χ1) is 20.3. The van der Waals surface area contributed by atoms with Crippen molar-refractivity contribution in [1.29, 1.82) is 0 Å². The number of carbonyl (C=O) groups is 1. The molecule has 1 amide bonds. The molecule has 43 heavy (non-hydrogen) atoms. The lowest BCUT2D eigenvalue weighted by atomic mass is 9.88. The number of benzene rings is 2. The molecule has 2 aromatic carbocycles. The van der Waals surface area contributed by atoms with Gasteiger partial charge in [0.25, 0.3) is 0 Å². The number of sulfonamides is 1. The summed E-state index contributed by atoms with van der Waals surface area (Å²) in [5.74, 6) is 2.04. The van der Waals surface area contributed by atoms with E-state index in [4.69, 9.17) is 14.7 Å². The van der Waals surface area contributed by atoms with Crippen molar-refractivity contribution in [2.75, 3.05) is 61.7 Å².